The second-order valence-corrected chi connectivity index (χ2v) is 8.26. The van der Waals surface area contributed by atoms with Gasteiger partial charge in [0.05, 0.1) is 0 Å². The van der Waals surface area contributed by atoms with E-state index in [1.54, 1.807) is 22.3 Å². The molecule has 0 amide bonds. The molecule has 2 aromatic carbocycles. The number of halogens is 2. The van der Waals surface area contributed by atoms with Crippen molar-refractivity contribution in [3.05, 3.63) is 70.8 Å². The van der Waals surface area contributed by atoms with Gasteiger partial charge >= 0.3 is 0 Å². The van der Waals surface area contributed by atoms with Gasteiger partial charge in [0.15, 0.2) is 0 Å². The maximum atomic E-state index is 3.72. The summed E-state index contributed by atoms with van der Waals surface area (Å²) >= 11 is 0. The van der Waals surface area contributed by atoms with Crippen LogP contribution in [-0.2, 0) is 12.8 Å². The van der Waals surface area contributed by atoms with Crippen LogP contribution in [0.15, 0.2) is 48.5 Å². The molecule has 2 N–H and O–H groups in total. The van der Waals surface area contributed by atoms with Gasteiger partial charge in [-0.3, -0.25) is 0 Å². The van der Waals surface area contributed by atoms with E-state index >= 15 is 0 Å². The average Bonchev–Trinajstić information content (AvgIpc) is 2.73. The van der Waals surface area contributed by atoms with Crippen LogP contribution in [0.3, 0.4) is 0 Å². The Bertz CT molecular complexity index is 673. The van der Waals surface area contributed by atoms with Gasteiger partial charge in [0.25, 0.3) is 0 Å². The summed E-state index contributed by atoms with van der Waals surface area (Å²) in [5.41, 5.74) is 6.21. The molecule has 0 aromatic heterocycles. The molecule has 2 nitrogen and oxygen atoms in total. The number of fused-ring (bicyclic) bond motifs is 2. The zero-order valence-corrected chi connectivity index (χ0v) is 19.0. The molecule has 0 fully saturated rings. The van der Waals surface area contributed by atoms with Crippen LogP contribution in [0.4, 0.5) is 0 Å². The van der Waals surface area contributed by atoms with Crippen LogP contribution < -0.4 is 10.6 Å². The quantitative estimate of drug-likeness (QED) is 0.473. The van der Waals surface area contributed by atoms with Crippen molar-refractivity contribution in [1.82, 2.24) is 10.6 Å². The fourth-order valence-corrected chi connectivity index (χ4v) is 4.93. The van der Waals surface area contributed by atoms with Crippen molar-refractivity contribution in [1.29, 1.82) is 0 Å². The average molecular weight is 435 g/mol. The third kappa shape index (κ3) is 6.46. The fourth-order valence-electron chi connectivity index (χ4n) is 4.93. The highest BCUT2D eigenvalue weighted by Crippen LogP contribution is 2.28. The SMILES string of the molecule is Cl.Cl.c1ccc2c(c1)CCNC2CCCCCCCC1NCCc2ccccc21. The topological polar surface area (TPSA) is 24.1 Å². The largest absolute Gasteiger partial charge is 0.310 e. The van der Waals surface area contributed by atoms with E-state index in [1.165, 1.54) is 57.8 Å². The molecule has 160 valence electrons. The minimum Gasteiger partial charge on any atom is -0.310 e. The number of benzene rings is 2. The number of rotatable bonds is 8. The van der Waals surface area contributed by atoms with Gasteiger partial charge in [0, 0.05) is 12.1 Å². The first-order chi connectivity index (χ1) is 13.4. The molecule has 4 rings (SSSR count). The molecular weight excluding hydrogens is 399 g/mol. The Hall–Kier alpha value is -1.06. The highest BCUT2D eigenvalue weighted by atomic mass is 35.5. The summed E-state index contributed by atoms with van der Waals surface area (Å²) in [4.78, 5) is 0. The molecule has 2 atom stereocenters. The third-order valence-corrected chi connectivity index (χ3v) is 6.42. The molecule has 2 aliphatic heterocycles. The van der Waals surface area contributed by atoms with Gasteiger partial charge in [0.1, 0.15) is 0 Å². The molecule has 29 heavy (non-hydrogen) atoms. The van der Waals surface area contributed by atoms with Crippen LogP contribution in [0, 0.1) is 0 Å². The lowest BCUT2D eigenvalue weighted by atomic mass is 9.90. The Morgan fingerprint density at radius 2 is 1.00 bits per heavy atom. The van der Waals surface area contributed by atoms with E-state index in [2.05, 4.69) is 59.2 Å². The van der Waals surface area contributed by atoms with E-state index in [-0.39, 0.29) is 24.8 Å². The fraction of sp³-hybridized carbons (Fsp3) is 0.520. The zero-order valence-electron chi connectivity index (χ0n) is 17.4. The Morgan fingerprint density at radius 3 is 1.48 bits per heavy atom. The molecule has 4 heteroatoms. The molecule has 0 spiro atoms. The van der Waals surface area contributed by atoms with Crippen molar-refractivity contribution in [2.45, 2.75) is 69.9 Å². The van der Waals surface area contributed by atoms with Crippen LogP contribution in [0.2, 0.25) is 0 Å². The number of hydrogen-bond donors (Lipinski definition) is 2. The van der Waals surface area contributed by atoms with Crippen molar-refractivity contribution in [2.75, 3.05) is 13.1 Å². The van der Waals surface area contributed by atoms with Gasteiger partial charge in [0.2, 0.25) is 0 Å². The van der Waals surface area contributed by atoms with E-state index < -0.39 is 0 Å². The highest BCUT2D eigenvalue weighted by molar-refractivity contribution is 5.85. The summed E-state index contributed by atoms with van der Waals surface area (Å²) in [6.07, 6.45) is 11.7. The van der Waals surface area contributed by atoms with E-state index in [1.807, 2.05) is 0 Å². The van der Waals surface area contributed by atoms with Crippen LogP contribution in [0.25, 0.3) is 0 Å². The Labute approximate surface area is 189 Å². The predicted molar refractivity (Wildman–Crippen MR) is 129 cm³/mol. The smallest absolute Gasteiger partial charge is 0.0323 e. The first kappa shape index (κ1) is 24.2. The molecule has 2 aliphatic rings. The second kappa shape index (κ2) is 12.6. The summed E-state index contributed by atoms with van der Waals surface area (Å²) < 4.78 is 0. The normalized spacial score (nSPS) is 20.0. The summed E-state index contributed by atoms with van der Waals surface area (Å²) in [6.45, 7) is 2.27. The van der Waals surface area contributed by atoms with Gasteiger partial charge in [-0.2, -0.15) is 0 Å². The molecule has 0 saturated carbocycles. The standard InChI is InChI=1S/C25H34N2.2ClH/c1(2-4-14-24-22-12-8-6-10-20(22)16-18-26-24)3-5-15-25-23-13-9-7-11-21(23)17-19-27-25;;/h6-13,24-27H,1-5,14-19H2;2*1H. The molecular formula is C25H36Cl2N2. The number of hydrogen-bond acceptors (Lipinski definition) is 2. The predicted octanol–water partition coefficient (Wildman–Crippen LogP) is 6.33. The van der Waals surface area contributed by atoms with Crippen molar-refractivity contribution in [2.24, 2.45) is 0 Å². The molecule has 0 saturated heterocycles. The van der Waals surface area contributed by atoms with E-state index in [0.717, 1.165) is 13.1 Å². The molecule has 0 bridgehead atoms. The first-order valence-electron chi connectivity index (χ1n) is 11.0. The lowest BCUT2D eigenvalue weighted by Crippen LogP contribution is -2.29. The van der Waals surface area contributed by atoms with Crippen LogP contribution >= 0.6 is 24.8 Å². The maximum Gasteiger partial charge on any atom is 0.0323 e. The third-order valence-electron chi connectivity index (χ3n) is 6.42. The van der Waals surface area contributed by atoms with Crippen LogP contribution in [0.5, 0.6) is 0 Å². The molecule has 0 aliphatic carbocycles. The van der Waals surface area contributed by atoms with Gasteiger partial charge < -0.3 is 10.6 Å². The van der Waals surface area contributed by atoms with Gasteiger partial charge in [-0.25, -0.2) is 0 Å². The van der Waals surface area contributed by atoms with E-state index in [4.69, 9.17) is 0 Å². The minimum atomic E-state index is 0. The highest BCUT2D eigenvalue weighted by Gasteiger charge is 2.19. The van der Waals surface area contributed by atoms with Gasteiger partial charge in [-0.05, 0) is 61.0 Å². The van der Waals surface area contributed by atoms with Crippen molar-refractivity contribution >= 4 is 24.8 Å². The van der Waals surface area contributed by atoms with Gasteiger partial charge in [-0.15, -0.1) is 24.8 Å². The zero-order chi connectivity index (χ0) is 18.3. The number of unbranched alkanes of at least 4 members (excludes halogenated alkanes) is 4. The maximum absolute atomic E-state index is 3.72. The Kier molecular flexibility index (Phi) is 10.5. The van der Waals surface area contributed by atoms with Crippen LogP contribution in [-0.4, -0.2) is 13.1 Å². The van der Waals surface area contributed by atoms with Gasteiger partial charge in [-0.1, -0.05) is 80.6 Å². The summed E-state index contributed by atoms with van der Waals surface area (Å²) in [5.74, 6) is 0. The molecule has 2 unspecified atom stereocenters. The summed E-state index contributed by atoms with van der Waals surface area (Å²) in [7, 11) is 0. The summed E-state index contributed by atoms with van der Waals surface area (Å²) in [6, 6.07) is 19.2. The minimum absolute atomic E-state index is 0. The van der Waals surface area contributed by atoms with Crippen molar-refractivity contribution in [3.8, 4) is 0 Å². The van der Waals surface area contributed by atoms with Crippen molar-refractivity contribution in [3.63, 3.8) is 0 Å². The van der Waals surface area contributed by atoms with Crippen molar-refractivity contribution < 1.29 is 0 Å². The first-order valence-corrected chi connectivity index (χ1v) is 11.0. The summed E-state index contributed by atoms with van der Waals surface area (Å²) in [5, 5.41) is 7.44. The molecule has 0 radical (unpaired) electrons. The van der Waals surface area contributed by atoms with E-state index in [0.29, 0.717) is 12.1 Å². The number of nitrogens with one attached hydrogen (secondary N) is 2. The Balaban J connectivity index is 0.00000150. The lowest BCUT2D eigenvalue weighted by molar-refractivity contribution is 0.433. The van der Waals surface area contributed by atoms with E-state index in [9.17, 15) is 0 Å². The molecule has 2 aromatic rings. The monoisotopic (exact) mass is 434 g/mol. The van der Waals surface area contributed by atoms with Crippen LogP contribution in [0.1, 0.15) is 79.3 Å². The Morgan fingerprint density at radius 1 is 0.586 bits per heavy atom. The molecule has 2 heterocycles. The second-order valence-electron chi connectivity index (χ2n) is 8.26. The lowest BCUT2D eigenvalue weighted by Gasteiger charge is -2.27.